The van der Waals surface area contributed by atoms with E-state index in [1.54, 1.807) is 6.20 Å². The van der Waals surface area contributed by atoms with E-state index in [1.165, 1.54) is 0 Å². The monoisotopic (exact) mass is 335 g/mol. The van der Waals surface area contributed by atoms with Gasteiger partial charge in [-0.1, -0.05) is 0 Å². The summed E-state index contributed by atoms with van der Waals surface area (Å²) in [7, 11) is 0. The van der Waals surface area contributed by atoms with Crippen LogP contribution in [-0.2, 0) is 12.8 Å². The van der Waals surface area contributed by atoms with Gasteiger partial charge in [0.1, 0.15) is 12.6 Å². The average molecular weight is 335 g/mol. The molecule has 3 aromatic rings. The smallest absolute Gasteiger partial charge is 0.177 e. The third-order valence-electron chi connectivity index (χ3n) is 4.15. The van der Waals surface area contributed by atoms with Gasteiger partial charge >= 0.3 is 0 Å². The average Bonchev–Trinajstić information content (AvgIpc) is 3.08. The fourth-order valence-corrected chi connectivity index (χ4v) is 2.78. The lowest BCUT2D eigenvalue weighted by Gasteiger charge is -2.22. The molecule has 25 heavy (non-hydrogen) atoms. The van der Waals surface area contributed by atoms with Gasteiger partial charge in [0.15, 0.2) is 23.0 Å². The van der Waals surface area contributed by atoms with Crippen LogP contribution in [0.3, 0.4) is 0 Å². The molecule has 1 aliphatic rings. The quantitative estimate of drug-likeness (QED) is 0.776. The number of ether oxygens (including phenoxy) is 1. The molecule has 8 nitrogen and oxygen atoms in total. The number of hydrogen-bond acceptors (Lipinski definition) is 7. The number of fused-ring (bicyclic) bond motifs is 2. The molecule has 0 saturated carbocycles. The van der Waals surface area contributed by atoms with Crippen molar-refractivity contribution in [3.8, 4) is 11.8 Å². The van der Waals surface area contributed by atoms with Crippen LogP contribution in [0, 0.1) is 25.2 Å². The number of rotatable bonds is 3. The summed E-state index contributed by atoms with van der Waals surface area (Å²) >= 11 is 0. The molecule has 8 heteroatoms. The van der Waals surface area contributed by atoms with Crippen molar-refractivity contribution in [1.29, 1.82) is 5.26 Å². The maximum atomic E-state index is 9.01. The van der Waals surface area contributed by atoms with E-state index in [4.69, 9.17) is 10.00 Å². The molecular formula is C17H17N7O. The molecule has 0 bridgehead atoms. The van der Waals surface area contributed by atoms with Gasteiger partial charge in [0.05, 0.1) is 17.5 Å². The summed E-state index contributed by atoms with van der Waals surface area (Å²) in [4.78, 5) is 13.5. The first kappa shape index (κ1) is 15.3. The summed E-state index contributed by atoms with van der Waals surface area (Å²) in [6.07, 6.45) is 3.17. The topological polar surface area (TPSA) is 101 Å². The van der Waals surface area contributed by atoms with E-state index in [1.807, 2.05) is 30.5 Å². The normalized spacial score (nSPS) is 16.0. The van der Waals surface area contributed by atoms with E-state index in [0.29, 0.717) is 31.0 Å². The van der Waals surface area contributed by atoms with Crippen molar-refractivity contribution in [2.75, 3.05) is 11.9 Å². The molecule has 0 saturated heterocycles. The molecule has 3 aromatic heterocycles. The second-order valence-electron chi connectivity index (χ2n) is 6.03. The van der Waals surface area contributed by atoms with Crippen LogP contribution in [0.25, 0.3) is 5.65 Å². The zero-order valence-corrected chi connectivity index (χ0v) is 14.0. The number of aryl methyl sites for hydroxylation is 4. The number of nitrogens with zero attached hydrogens (tertiary/aromatic N) is 6. The van der Waals surface area contributed by atoms with E-state index < -0.39 is 0 Å². The zero-order valence-electron chi connectivity index (χ0n) is 14.0. The Balaban J connectivity index is 1.53. The Labute approximate surface area is 144 Å². The lowest BCUT2D eigenvalue weighted by molar-refractivity contribution is 0.302. The summed E-state index contributed by atoms with van der Waals surface area (Å²) < 4.78 is 7.35. The Hall–Kier alpha value is -3.21. The number of nitrogens with one attached hydrogen (secondary N) is 1. The number of pyridine rings is 1. The Morgan fingerprint density at radius 2 is 2.20 bits per heavy atom. The molecule has 0 aliphatic carbocycles. The number of nitriles is 1. The molecule has 1 N–H and O–H groups in total. The minimum atomic E-state index is -0.367. The van der Waals surface area contributed by atoms with E-state index in [2.05, 4.69) is 31.4 Å². The number of hydrogen-bond donors (Lipinski definition) is 1. The molecule has 126 valence electrons. The predicted molar refractivity (Wildman–Crippen MR) is 90.4 cm³/mol. The third kappa shape index (κ3) is 2.85. The Morgan fingerprint density at radius 1 is 1.32 bits per heavy atom. The summed E-state index contributed by atoms with van der Waals surface area (Å²) in [5.41, 5.74) is 3.51. The Bertz CT molecular complexity index is 950. The molecule has 0 fully saturated rings. The second-order valence-corrected chi connectivity index (χ2v) is 6.03. The third-order valence-corrected chi connectivity index (χ3v) is 4.15. The highest BCUT2D eigenvalue weighted by molar-refractivity contribution is 5.54. The first-order valence-electron chi connectivity index (χ1n) is 8.11. The van der Waals surface area contributed by atoms with Crippen LogP contribution in [0.2, 0.25) is 0 Å². The first-order chi connectivity index (χ1) is 12.1. The molecule has 0 radical (unpaired) electrons. The van der Waals surface area contributed by atoms with E-state index in [9.17, 15) is 0 Å². The van der Waals surface area contributed by atoms with Crippen LogP contribution in [0.4, 0.5) is 5.82 Å². The molecule has 4 rings (SSSR count). The fraction of sp³-hybridized carbons (Fsp3) is 0.353. The second kappa shape index (κ2) is 6.02. The molecule has 1 aliphatic heterocycles. The molecule has 0 spiro atoms. The molecule has 1 atom stereocenters. The highest BCUT2D eigenvalue weighted by Crippen LogP contribution is 2.27. The van der Waals surface area contributed by atoms with E-state index in [0.717, 1.165) is 28.6 Å². The van der Waals surface area contributed by atoms with Crippen molar-refractivity contribution in [2.45, 2.75) is 32.7 Å². The lowest BCUT2D eigenvalue weighted by atomic mass is 10.2. The van der Waals surface area contributed by atoms with Gasteiger partial charge < -0.3 is 10.1 Å². The lowest BCUT2D eigenvalue weighted by Crippen LogP contribution is -2.30. The summed E-state index contributed by atoms with van der Waals surface area (Å²) in [5, 5.41) is 16.6. The van der Waals surface area contributed by atoms with Crippen molar-refractivity contribution >= 4 is 11.5 Å². The number of aromatic nitrogens is 5. The van der Waals surface area contributed by atoms with Crippen molar-refractivity contribution < 1.29 is 4.74 Å². The van der Waals surface area contributed by atoms with Gasteiger partial charge in [0.25, 0.3) is 0 Å². The van der Waals surface area contributed by atoms with Crippen LogP contribution >= 0.6 is 0 Å². The minimum absolute atomic E-state index is 0.336. The largest absolute Gasteiger partial charge is 0.486 e. The van der Waals surface area contributed by atoms with Crippen LogP contribution in [0.15, 0.2) is 18.3 Å². The van der Waals surface area contributed by atoms with E-state index in [-0.39, 0.29) is 6.04 Å². The summed E-state index contributed by atoms with van der Waals surface area (Å²) in [5.74, 6) is 2.06. The van der Waals surface area contributed by atoms with Crippen molar-refractivity contribution in [2.24, 2.45) is 0 Å². The van der Waals surface area contributed by atoms with Crippen LogP contribution < -0.4 is 10.1 Å². The van der Waals surface area contributed by atoms with Gasteiger partial charge in [-0.25, -0.2) is 14.5 Å². The van der Waals surface area contributed by atoms with Crippen LogP contribution in [0.5, 0.6) is 5.75 Å². The fourth-order valence-electron chi connectivity index (χ4n) is 2.78. The van der Waals surface area contributed by atoms with Crippen LogP contribution in [0.1, 0.15) is 22.9 Å². The molecular weight excluding hydrogens is 318 g/mol. The molecule has 0 aromatic carbocycles. The number of anilines is 1. The minimum Gasteiger partial charge on any atom is -0.486 e. The maximum Gasteiger partial charge on any atom is 0.177 e. The van der Waals surface area contributed by atoms with Gasteiger partial charge in [0, 0.05) is 18.3 Å². The van der Waals surface area contributed by atoms with Crippen LogP contribution in [-0.4, -0.2) is 37.2 Å². The summed E-state index contributed by atoms with van der Waals surface area (Å²) in [6.45, 7) is 4.22. The van der Waals surface area contributed by atoms with Gasteiger partial charge in [-0.3, -0.25) is 4.98 Å². The Morgan fingerprint density at radius 3 is 3.00 bits per heavy atom. The predicted octanol–water partition coefficient (Wildman–Crippen LogP) is 1.62. The highest BCUT2D eigenvalue weighted by atomic mass is 16.5. The van der Waals surface area contributed by atoms with Gasteiger partial charge in [-0.2, -0.15) is 10.4 Å². The SMILES string of the molecule is Cc1ncc(C)n2nc(CCc3ccc4c(n3)N[C@@H](C#N)CO4)nc12. The van der Waals surface area contributed by atoms with Crippen molar-refractivity contribution in [3.05, 3.63) is 41.2 Å². The van der Waals surface area contributed by atoms with E-state index >= 15 is 0 Å². The zero-order chi connectivity index (χ0) is 17.4. The van der Waals surface area contributed by atoms with Gasteiger partial charge in [-0.05, 0) is 32.4 Å². The molecule has 0 amide bonds. The standard InChI is InChI=1S/C17H17N7O/c1-10-8-19-11(2)17-22-15(23-24(10)17)6-4-12-3-5-14-16(20-12)21-13(7-18)9-25-14/h3,5,8,13H,4,6,9H2,1-2H3,(H,20,21)/t13-/m0/s1. The van der Waals surface area contributed by atoms with Crippen molar-refractivity contribution in [3.63, 3.8) is 0 Å². The first-order valence-corrected chi connectivity index (χ1v) is 8.11. The van der Waals surface area contributed by atoms with Crippen molar-refractivity contribution in [1.82, 2.24) is 24.6 Å². The van der Waals surface area contributed by atoms with Gasteiger partial charge in [-0.15, -0.1) is 0 Å². The summed E-state index contributed by atoms with van der Waals surface area (Å²) in [6, 6.07) is 5.59. The molecule has 4 heterocycles. The molecule has 0 unspecified atom stereocenters. The van der Waals surface area contributed by atoms with Gasteiger partial charge in [0.2, 0.25) is 0 Å². The Kier molecular flexibility index (Phi) is 3.69. The maximum absolute atomic E-state index is 9.01. The highest BCUT2D eigenvalue weighted by Gasteiger charge is 2.19.